The summed E-state index contributed by atoms with van der Waals surface area (Å²) >= 11 is 0. The van der Waals surface area contributed by atoms with Gasteiger partial charge in [0, 0.05) is 12.6 Å². The van der Waals surface area contributed by atoms with Gasteiger partial charge in [0.25, 0.3) is 0 Å². The second-order valence-corrected chi connectivity index (χ2v) is 5.48. The molecule has 0 saturated heterocycles. The van der Waals surface area contributed by atoms with Crippen LogP contribution < -0.4 is 5.32 Å². The predicted octanol–water partition coefficient (Wildman–Crippen LogP) is 3.14. The van der Waals surface area contributed by atoms with E-state index in [1.807, 2.05) is 0 Å². The normalized spacial score (nSPS) is 26.0. The predicted molar refractivity (Wildman–Crippen MR) is 69.7 cm³/mol. The van der Waals surface area contributed by atoms with Gasteiger partial charge in [-0.3, -0.25) is 0 Å². The molecule has 16 heavy (non-hydrogen) atoms. The summed E-state index contributed by atoms with van der Waals surface area (Å²) in [6.45, 7) is 12.3. The standard InChI is InChI=1S/C14H27NO/c1-11(2)15-9-13(4)10-16-14-7-5-12(3)6-8-14/h11-12,14-15H,4-10H2,1-3H3. The Bertz CT molecular complexity index is 205. The average Bonchev–Trinajstić information content (AvgIpc) is 2.25. The van der Waals surface area contributed by atoms with Crippen molar-refractivity contribution < 1.29 is 4.74 Å². The first-order valence-electron chi connectivity index (χ1n) is 6.59. The van der Waals surface area contributed by atoms with E-state index in [0.29, 0.717) is 12.1 Å². The zero-order chi connectivity index (χ0) is 12.0. The van der Waals surface area contributed by atoms with Crippen LogP contribution in [0.15, 0.2) is 12.2 Å². The maximum absolute atomic E-state index is 5.89. The highest BCUT2D eigenvalue weighted by Gasteiger charge is 2.18. The zero-order valence-corrected chi connectivity index (χ0v) is 11.1. The maximum Gasteiger partial charge on any atom is 0.0690 e. The highest BCUT2D eigenvalue weighted by atomic mass is 16.5. The van der Waals surface area contributed by atoms with Gasteiger partial charge in [-0.15, -0.1) is 0 Å². The third-order valence-corrected chi connectivity index (χ3v) is 3.25. The Morgan fingerprint density at radius 3 is 2.50 bits per heavy atom. The Kier molecular flexibility index (Phi) is 6.07. The van der Waals surface area contributed by atoms with E-state index >= 15 is 0 Å². The van der Waals surface area contributed by atoms with Crippen molar-refractivity contribution in [1.29, 1.82) is 0 Å². The third kappa shape index (κ3) is 5.66. The summed E-state index contributed by atoms with van der Waals surface area (Å²) in [5.74, 6) is 0.894. The van der Waals surface area contributed by atoms with Gasteiger partial charge >= 0.3 is 0 Å². The van der Waals surface area contributed by atoms with Crippen molar-refractivity contribution in [1.82, 2.24) is 5.32 Å². The molecule has 94 valence electrons. The lowest BCUT2D eigenvalue weighted by molar-refractivity contribution is 0.0325. The third-order valence-electron chi connectivity index (χ3n) is 3.25. The van der Waals surface area contributed by atoms with Gasteiger partial charge in [0.15, 0.2) is 0 Å². The summed E-state index contributed by atoms with van der Waals surface area (Å²) in [6, 6.07) is 0.521. The minimum atomic E-state index is 0.479. The van der Waals surface area contributed by atoms with Crippen molar-refractivity contribution in [3.63, 3.8) is 0 Å². The molecule has 0 aliphatic heterocycles. The molecule has 0 aromatic rings. The number of hydrogen-bond donors (Lipinski definition) is 1. The lowest BCUT2D eigenvalue weighted by Crippen LogP contribution is -2.27. The van der Waals surface area contributed by atoms with E-state index in [9.17, 15) is 0 Å². The van der Waals surface area contributed by atoms with Crippen LogP contribution in [0.4, 0.5) is 0 Å². The van der Waals surface area contributed by atoms with E-state index in [0.717, 1.165) is 24.6 Å². The van der Waals surface area contributed by atoms with Crippen LogP contribution in [0.2, 0.25) is 0 Å². The summed E-state index contributed by atoms with van der Waals surface area (Å²) in [4.78, 5) is 0. The van der Waals surface area contributed by atoms with Gasteiger partial charge in [-0.1, -0.05) is 27.4 Å². The minimum Gasteiger partial charge on any atom is -0.374 e. The molecule has 2 nitrogen and oxygen atoms in total. The molecule has 0 aromatic carbocycles. The number of hydrogen-bond acceptors (Lipinski definition) is 2. The van der Waals surface area contributed by atoms with Gasteiger partial charge in [0.05, 0.1) is 12.7 Å². The van der Waals surface area contributed by atoms with Crippen molar-refractivity contribution >= 4 is 0 Å². The molecule has 1 aliphatic carbocycles. The molecule has 0 unspecified atom stereocenters. The molecular weight excluding hydrogens is 198 g/mol. The van der Waals surface area contributed by atoms with E-state index < -0.39 is 0 Å². The van der Waals surface area contributed by atoms with Crippen molar-refractivity contribution in [2.75, 3.05) is 13.2 Å². The van der Waals surface area contributed by atoms with Gasteiger partial charge < -0.3 is 10.1 Å². The van der Waals surface area contributed by atoms with E-state index in [4.69, 9.17) is 4.74 Å². The summed E-state index contributed by atoms with van der Waals surface area (Å²) in [5.41, 5.74) is 1.16. The van der Waals surface area contributed by atoms with Crippen molar-refractivity contribution in [3.8, 4) is 0 Å². The second-order valence-electron chi connectivity index (χ2n) is 5.48. The maximum atomic E-state index is 5.89. The van der Waals surface area contributed by atoms with Crippen LogP contribution in [0, 0.1) is 5.92 Å². The van der Waals surface area contributed by atoms with Crippen LogP contribution >= 0.6 is 0 Å². The molecule has 0 atom stereocenters. The molecule has 1 saturated carbocycles. The van der Waals surface area contributed by atoms with Crippen molar-refractivity contribution in [2.45, 2.75) is 58.6 Å². The Morgan fingerprint density at radius 2 is 1.94 bits per heavy atom. The largest absolute Gasteiger partial charge is 0.374 e. The molecule has 1 aliphatic rings. The zero-order valence-electron chi connectivity index (χ0n) is 11.1. The van der Waals surface area contributed by atoms with Crippen LogP contribution in [0.25, 0.3) is 0 Å². The van der Waals surface area contributed by atoms with Gasteiger partial charge in [-0.2, -0.15) is 0 Å². The van der Waals surface area contributed by atoms with E-state index in [1.54, 1.807) is 0 Å². The Hall–Kier alpha value is -0.340. The monoisotopic (exact) mass is 225 g/mol. The first-order chi connectivity index (χ1) is 7.58. The first-order valence-corrected chi connectivity index (χ1v) is 6.59. The highest BCUT2D eigenvalue weighted by molar-refractivity contribution is 4.97. The van der Waals surface area contributed by atoms with Gasteiger partial charge in [-0.05, 0) is 37.2 Å². The fourth-order valence-electron chi connectivity index (χ4n) is 2.03. The number of ether oxygens (including phenoxy) is 1. The van der Waals surface area contributed by atoms with Crippen molar-refractivity contribution in [3.05, 3.63) is 12.2 Å². The quantitative estimate of drug-likeness (QED) is 0.701. The molecule has 0 amide bonds. The fraction of sp³-hybridized carbons (Fsp3) is 0.857. The topological polar surface area (TPSA) is 21.3 Å². The SMILES string of the molecule is C=C(CNC(C)C)COC1CCC(C)CC1. The molecule has 0 radical (unpaired) electrons. The Labute approximate surface area is 100 Å². The molecular formula is C14H27NO. The lowest BCUT2D eigenvalue weighted by atomic mass is 9.89. The van der Waals surface area contributed by atoms with Crippen LogP contribution in [-0.2, 0) is 4.74 Å². The Morgan fingerprint density at radius 1 is 1.31 bits per heavy atom. The summed E-state index contributed by atoms with van der Waals surface area (Å²) in [7, 11) is 0. The molecule has 2 heteroatoms. The molecule has 0 heterocycles. The van der Waals surface area contributed by atoms with Crippen LogP contribution in [0.3, 0.4) is 0 Å². The molecule has 0 bridgehead atoms. The van der Waals surface area contributed by atoms with Crippen molar-refractivity contribution in [2.24, 2.45) is 5.92 Å². The lowest BCUT2D eigenvalue weighted by Gasteiger charge is -2.26. The average molecular weight is 225 g/mol. The van der Waals surface area contributed by atoms with Gasteiger partial charge in [-0.25, -0.2) is 0 Å². The molecule has 0 spiro atoms. The fourth-order valence-corrected chi connectivity index (χ4v) is 2.03. The van der Waals surface area contributed by atoms with E-state index in [2.05, 4.69) is 32.7 Å². The highest BCUT2D eigenvalue weighted by Crippen LogP contribution is 2.25. The minimum absolute atomic E-state index is 0.479. The van der Waals surface area contributed by atoms with Crippen LogP contribution in [-0.4, -0.2) is 25.3 Å². The van der Waals surface area contributed by atoms with E-state index in [-0.39, 0.29) is 0 Å². The molecule has 0 aromatic heterocycles. The smallest absolute Gasteiger partial charge is 0.0690 e. The van der Waals surface area contributed by atoms with E-state index in [1.165, 1.54) is 25.7 Å². The summed E-state index contributed by atoms with van der Waals surface area (Å²) < 4.78 is 5.89. The Balaban J connectivity index is 2.07. The van der Waals surface area contributed by atoms with Crippen LogP contribution in [0.5, 0.6) is 0 Å². The summed E-state index contributed by atoms with van der Waals surface area (Å²) in [5, 5.41) is 3.36. The second kappa shape index (κ2) is 7.08. The van der Waals surface area contributed by atoms with Gasteiger partial charge in [0.1, 0.15) is 0 Å². The number of rotatable bonds is 6. The molecule has 1 rings (SSSR count). The first kappa shape index (κ1) is 13.7. The van der Waals surface area contributed by atoms with Crippen LogP contribution in [0.1, 0.15) is 46.5 Å². The van der Waals surface area contributed by atoms with Gasteiger partial charge in [0.2, 0.25) is 0 Å². The summed E-state index contributed by atoms with van der Waals surface area (Å²) in [6.07, 6.45) is 5.58. The molecule has 1 fully saturated rings. The number of nitrogens with one attached hydrogen (secondary N) is 1. The molecule has 1 N–H and O–H groups in total.